The summed E-state index contributed by atoms with van der Waals surface area (Å²) in [6.45, 7) is 2.94. The van der Waals surface area contributed by atoms with Crippen molar-refractivity contribution in [2.75, 3.05) is 6.61 Å². The van der Waals surface area contributed by atoms with Crippen LogP contribution in [0, 0.1) is 6.92 Å². The predicted molar refractivity (Wildman–Crippen MR) is 70.9 cm³/mol. The molecule has 0 N–H and O–H groups in total. The molecule has 0 unspecified atom stereocenters. The summed E-state index contributed by atoms with van der Waals surface area (Å²) < 4.78 is 5.51. The van der Waals surface area contributed by atoms with Gasteiger partial charge in [0, 0.05) is 16.2 Å². The average Bonchev–Trinajstić information content (AvgIpc) is 2.79. The Morgan fingerprint density at radius 3 is 2.59 bits per heavy atom. The maximum Gasteiger partial charge on any atom is 0.122 e. The summed E-state index contributed by atoms with van der Waals surface area (Å²) in [7, 11) is 0. The Kier molecular flexibility index (Phi) is 2.81. The van der Waals surface area contributed by atoms with Gasteiger partial charge in [0.1, 0.15) is 5.75 Å². The van der Waals surface area contributed by atoms with E-state index in [1.165, 1.54) is 20.9 Å². The lowest BCUT2D eigenvalue weighted by Crippen LogP contribution is -1.85. The molecule has 86 valence electrons. The fourth-order valence-corrected chi connectivity index (χ4v) is 2.85. The van der Waals surface area contributed by atoms with Crippen LogP contribution < -0.4 is 4.74 Å². The smallest absolute Gasteiger partial charge is 0.122 e. The Hall–Kier alpha value is -1.41. The summed E-state index contributed by atoms with van der Waals surface area (Å²) in [5.74, 6) is 1.05. The van der Waals surface area contributed by atoms with Crippen LogP contribution in [-0.2, 0) is 6.42 Å². The number of ether oxygens (including phenoxy) is 1. The molecule has 0 atom stereocenters. The molecular weight excluding hydrogens is 228 g/mol. The second kappa shape index (κ2) is 4.46. The normalized spacial score (nSPS) is 13.2. The highest BCUT2D eigenvalue weighted by Gasteiger charge is 2.12. The van der Waals surface area contributed by atoms with Crippen LogP contribution in [0.1, 0.15) is 11.1 Å². The summed E-state index contributed by atoms with van der Waals surface area (Å²) in [6, 6.07) is 15.1. The van der Waals surface area contributed by atoms with Gasteiger partial charge < -0.3 is 4.74 Å². The molecule has 0 spiro atoms. The quantitative estimate of drug-likeness (QED) is 0.784. The van der Waals surface area contributed by atoms with Gasteiger partial charge in [0.15, 0.2) is 0 Å². The first kappa shape index (κ1) is 10.7. The predicted octanol–water partition coefficient (Wildman–Crippen LogP) is 4.08. The lowest BCUT2D eigenvalue weighted by atomic mass is 10.2. The first-order valence-corrected chi connectivity index (χ1v) is 6.63. The van der Waals surface area contributed by atoms with Gasteiger partial charge in [-0.15, -0.1) is 0 Å². The Morgan fingerprint density at radius 2 is 1.76 bits per heavy atom. The van der Waals surface area contributed by atoms with Gasteiger partial charge in [-0.05, 0) is 42.8 Å². The van der Waals surface area contributed by atoms with Crippen molar-refractivity contribution in [3.8, 4) is 5.75 Å². The molecule has 1 nitrogen and oxygen atoms in total. The molecule has 0 aliphatic carbocycles. The average molecular weight is 242 g/mol. The van der Waals surface area contributed by atoms with Crippen molar-refractivity contribution in [2.24, 2.45) is 0 Å². The van der Waals surface area contributed by atoms with Crippen LogP contribution >= 0.6 is 11.8 Å². The van der Waals surface area contributed by atoms with E-state index in [0.29, 0.717) is 0 Å². The molecule has 0 aromatic heterocycles. The second-order valence-electron chi connectivity index (χ2n) is 4.28. The number of hydrogen-bond donors (Lipinski definition) is 0. The third-order valence-electron chi connectivity index (χ3n) is 2.92. The molecule has 0 amide bonds. The molecular formula is C15H14OS. The van der Waals surface area contributed by atoms with Gasteiger partial charge in [0.05, 0.1) is 6.61 Å². The second-order valence-corrected chi connectivity index (χ2v) is 5.43. The fraction of sp³-hybridized carbons (Fsp3) is 0.200. The molecule has 0 fully saturated rings. The number of rotatable bonds is 2. The van der Waals surface area contributed by atoms with Gasteiger partial charge in [0.25, 0.3) is 0 Å². The third kappa shape index (κ3) is 2.32. The van der Waals surface area contributed by atoms with Crippen LogP contribution in [0.15, 0.2) is 52.3 Å². The highest BCUT2D eigenvalue weighted by atomic mass is 32.2. The Morgan fingerprint density at radius 1 is 1.00 bits per heavy atom. The van der Waals surface area contributed by atoms with E-state index >= 15 is 0 Å². The van der Waals surface area contributed by atoms with Gasteiger partial charge in [0.2, 0.25) is 0 Å². The van der Waals surface area contributed by atoms with E-state index in [2.05, 4.69) is 49.4 Å². The molecule has 2 heteroatoms. The van der Waals surface area contributed by atoms with Gasteiger partial charge in [-0.2, -0.15) is 0 Å². The van der Waals surface area contributed by atoms with Gasteiger partial charge in [-0.25, -0.2) is 0 Å². The van der Waals surface area contributed by atoms with E-state index in [9.17, 15) is 0 Å². The topological polar surface area (TPSA) is 9.23 Å². The molecule has 17 heavy (non-hydrogen) atoms. The van der Waals surface area contributed by atoms with Crippen molar-refractivity contribution in [1.29, 1.82) is 0 Å². The van der Waals surface area contributed by atoms with E-state index in [4.69, 9.17) is 4.74 Å². The van der Waals surface area contributed by atoms with E-state index in [1.807, 2.05) is 0 Å². The van der Waals surface area contributed by atoms with Crippen LogP contribution in [0.5, 0.6) is 5.75 Å². The molecule has 0 saturated carbocycles. The van der Waals surface area contributed by atoms with Crippen LogP contribution in [0.3, 0.4) is 0 Å². The van der Waals surface area contributed by atoms with E-state index in [1.54, 1.807) is 11.8 Å². The van der Waals surface area contributed by atoms with E-state index in [0.717, 1.165) is 18.8 Å². The van der Waals surface area contributed by atoms with Crippen molar-refractivity contribution in [3.63, 3.8) is 0 Å². The molecule has 0 saturated heterocycles. The zero-order chi connectivity index (χ0) is 11.7. The zero-order valence-corrected chi connectivity index (χ0v) is 10.6. The Labute approximate surface area is 106 Å². The number of hydrogen-bond acceptors (Lipinski definition) is 2. The number of fused-ring (bicyclic) bond motifs is 1. The highest BCUT2D eigenvalue weighted by molar-refractivity contribution is 7.99. The maximum atomic E-state index is 5.51. The Balaban J connectivity index is 1.83. The highest BCUT2D eigenvalue weighted by Crippen LogP contribution is 2.33. The maximum absolute atomic E-state index is 5.51. The van der Waals surface area contributed by atoms with Crippen LogP contribution in [0.25, 0.3) is 0 Å². The largest absolute Gasteiger partial charge is 0.493 e. The van der Waals surface area contributed by atoms with E-state index < -0.39 is 0 Å². The van der Waals surface area contributed by atoms with Crippen molar-refractivity contribution in [3.05, 3.63) is 53.6 Å². The lowest BCUT2D eigenvalue weighted by Gasteiger charge is -2.04. The van der Waals surface area contributed by atoms with Crippen molar-refractivity contribution >= 4 is 11.8 Å². The minimum atomic E-state index is 0.827. The number of benzene rings is 2. The standard InChI is InChI=1S/C15H14OS/c1-11-2-4-13(5-3-11)17-14-6-7-15-12(10-14)8-9-16-15/h2-7,10H,8-9H2,1H3. The molecule has 1 heterocycles. The molecule has 2 aromatic rings. The first-order valence-electron chi connectivity index (χ1n) is 5.81. The molecule has 1 aliphatic rings. The molecule has 1 aliphatic heterocycles. The van der Waals surface area contributed by atoms with Crippen molar-refractivity contribution < 1.29 is 4.74 Å². The van der Waals surface area contributed by atoms with Gasteiger partial charge in [-0.1, -0.05) is 29.5 Å². The molecule has 2 aromatic carbocycles. The number of aryl methyl sites for hydroxylation is 1. The molecule has 3 rings (SSSR count). The van der Waals surface area contributed by atoms with E-state index in [-0.39, 0.29) is 0 Å². The first-order chi connectivity index (χ1) is 8.31. The van der Waals surface area contributed by atoms with Crippen molar-refractivity contribution in [2.45, 2.75) is 23.1 Å². The SMILES string of the molecule is Cc1ccc(Sc2ccc3c(c2)CCO3)cc1. The monoisotopic (exact) mass is 242 g/mol. The fourth-order valence-electron chi connectivity index (χ4n) is 1.97. The summed E-state index contributed by atoms with van der Waals surface area (Å²) in [6.07, 6.45) is 1.04. The Bertz CT molecular complexity index is 531. The van der Waals surface area contributed by atoms with Crippen LogP contribution in [0.4, 0.5) is 0 Å². The summed E-state index contributed by atoms with van der Waals surface area (Å²) >= 11 is 1.81. The molecule has 0 bridgehead atoms. The minimum absolute atomic E-state index is 0.827. The van der Waals surface area contributed by atoms with Gasteiger partial charge >= 0.3 is 0 Å². The summed E-state index contributed by atoms with van der Waals surface area (Å²) in [4.78, 5) is 2.58. The van der Waals surface area contributed by atoms with Crippen molar-refractivity contribution in [1.82, 2.24) is 0 Å². The van der Waals surface area contributed by atoms with Crippen LogP contribution in [-0.4, -0.2) is 6.61 Å². The summed E-state index contributed by atoms with van der Waals surface area (Å²) in [5, 5.41) is 0. The lowest BCUT2D eigenvalue weighted by molar-refractivity contribution is 0.357. The minimum Gasteiger partial charge on any atom is -0.493 e. The summed E-state index contributed by atoms with van der Waals surface area (Å²) in [5.41, 5.74) is 2.64. The molecule has 0 radical (unpaired) electrons. The zero-order valence-electron chi connectivity index (χ0n) is 9.77. The third-order valence-corrected chi connectivity index (χ3v) is 3.92. The van der Waals surface area contributed by atoms with Gasteiger partial charge in [-0.3, -0.25) is 0 Å². The van der Waals surface area contributed by atoms with Crippen LogP contribution in [0.2, 0.25) is 0 Å².